The van der Waals surface area contributed by atoms with Crippen LogP contribution in [-0.2, 0) is 29.0 Å². The number of amides is 1. The minimum Gasteiger partial charge on any atom is -1.00 e. The zero-order chi connectivity index (χ0) is 17.8. The van der Waals surface area contributed by atoms with E-state index in [1.807, 2.05) is 18.2 Å². The molecule has 0 unspecified atom stereocenters. The van der Waals surface area contributed by atoms with Crippen molar-refractivity contribution in [2.24, 2.45) is 0 Å². The van der Waals surface area contributed by atoms with Crippen LogP contribution in [0.5, 0.6) is 0 Å². The molecule has 0 spiro atoms. The molecule has 0 atom stereocenters. The van der Waals surface area contributed by atoms with Crippen LogP contribution in [-0.4, -0.2) is 29.9 Å². The van der Waals surface area contributed by atoms with E-state index in [4.69, 9.17) is 4.74 Å². The summed E-state index contributed by atoms with van der Waals surface area (Å²) in [4.78, 5) is 27.4. The van der Waals surface area contributed by atoms with E-state index >= 15 is 0 Å². The summed E-state index contributed by atoms with van der Waals surface area (Å²) in [5.74, 6) is -0.523. The summed E-state index contributed by atoms with van der Waals surface area (Å²) in [7, 11) is 0. The number of hydrogen-bond donors (Lipinski definition) is 1. The number of rotatable bonds is 5. The molecule has 1 aliphatic rings. The molecule has 1 aromatic heterocycles. The standard InChI is InChI=1S/C19H22N2O3S.ClH/c1-3-24-19(23)17-15-9-10-21(11-14-7-5-4-6-8-14)12-16(15)25-18(17)20-13(2)22;/h4-8H,3,9-12H2,1-2H3,(H,20,22);1H/p-1. The number of nitrogens with zero attached hydrogens (tertiary/aromatic N) is 1. The van der Waals surface area contributed by atoms with E-state index in [2.05, 4.69) is 22.3 Å². The molecule has 140 valence electrons. The Morgan fingerprint density at radius 3 is 2.65 bits per heavy atom. The largest absolute Gasteiger partial charge is 1.00 e. The first-order valence-electron chi connectivity index (χ1n) is 8.44. The van der Waals surface area contributed by atoms with Gasteiger partial charge in [-0.15, -0.1) is 11.3 Å². The van der Waals surface area contributed by atoms with Crippen molar-refractivity contribution < 1.29 is 26.7 Å². The molecular weight excluding hydrogens is 372 g/mol. The third-order valence-corrected chi connectivity index (χ3v) is 5.29. The molecule has 0 radical (unpaired) electrons. The van der Waals surface area contributed by atoms with Crippen molar-refractivity contribution in [3.8, 4) is 0 Å². The minimum absolute atomic E-state index is 0. The van der Waals surface area contributed by atoms with Gasteiger partial charge in [0.15, 0.2) is 0 Å². The Labute approximate surface area is 163 Å². The third kappa shape index (κ3) is 4.63. The summed E-state index contributed by atoms with van der Waals surface area (Å²) in [6.07, 6.45) is 0.784. The lowest BCUT2D eigenvalue weighted by molar-refractivity contribution is -0.114. The average Bonchev–Trinajstić information content (AvgIpc) is 2.92. The summed E-state index contributed by atoms with van der Waals surface area (Å²) in [6.45, 7) is 6.10. The predicted octanol–water partition coefficient (Wildman–Crippen LogP) is 0.446. The zero-order valence-corrected chi connectivity index (χ0v) is 16.5. The molecule has 0 saturated carbocycles. The smallest absolute Gasteiger partial charge is 0.341 e. The van der Waals surface area contributed by atoms with Crippen LogP contribution in [0.25, 0.3) is 0 Å². The molecule has 1 amide bonds. The first kappa shape index (κ1) is 20.4. The molecule has 0 bridgehead atoms. The number of thiophene rings is 1. The Hall–Kier alpha value is -1.89. The molecule has 1 aliphatic heterocycles. The lowest BCUT2D eigenvalue weighted by Crippen LogP contribution is -3.00. The minimum atomic E-state index is -0.347. The second kappa shape index (κ2) is 9.16. The quantitative estimate of drug-likeness (QED) is 0.749. The van der Waals surface area contributed by atoms with E-state index in [0.29, 0.717) is 17.2 Å². The number of esters is 1. The van der Waals surface area contributed by atoms with E-state index in [9.17, 15) is 9.59 Å². The van der Waals surface area contributed by atoms with E-state index in [-0.39, 0.29) is 24.3 Å². The number of carbonyl (C=O) groups excluding carboxylic acids is 2. The number of halogens is 1. The molecule has 7 heteroatoms. The second-order valence-electron chi connectivity index (χ2n) is 6.06. The average molecular weight is 394 g/mol. The van der Waals surface area contributed by atoms with Crippen molar-refractivity contribution in [3.05, 3.63) is 51.9 Å². The fourth-order valence-electron chi connectivity index (χ4n) is 3.10. The van der Waals surface area contributed by atoms with Crippen molar-refractivity contribution in [3.63, 3.8) is 0 Å². The Balaban J connectivity index is 0.00000243. The van der Waals surface area contributed by atoms with Gasteiger partial charge in [0, 0.05) is 31.4 Å². The maximum Gasteiger partial charge on any atom is 0.341 e. The lowest BCUT2D eigenvalue weighted by Gasteiger charge is -2.27. The van der Waals surface area contributed by atoms with Gasteiger partial charge < -0.3 is 22.5 Å². The maximum atomic E-state index is 12.4. The fraction of sp³-hybridized carbons (Fsp3) is 0.368. The number of anilines is 1. The highest BCUT2D eigenvalue weighted by molar-refractivity contribution is 7.17. The summed E-state index contributed by atoms with van der Waals surface area (Å²) < 4.78 is 5.20. The van der Waals surface area contributed by atoms with Gasteiger partial charge in [0.2, 0.25) is 5.91 Å². The first-order chi connectivity index (χ1) is 12.1. The van der Waals surface area contributed by atoms with Gasteiger partial charge >= 0.3 is 5.97 Å². The predicted molar refractivity (Wildman–Crippen MR) is 98.8 cm³/mol. The normalized spacial score (nSPS) is 13.5. The van der Waals surface area contributed by atoms with Gasteiger partial charge in [0.05, 0.1) is 12.2 Å². The second-order valence-corrected chi connectivity index (χ2v) is 7.16. The molecular formula is C19H22ClN2O3S-. The van der Waals surface area contributed by atoms with Crippen molar-refractivity contribution in [1.29, 1.82) is 0 Å². The molecule has 0 aliphatic carbocycles. The third-order valence-electron chi connectivity index (χ3n) is 4.15. The van der Waals surface area contributed by atoms with E-state index in [1.54, 1.807) is 6.92 Å². The zero-order valence-electron chi connectivity index (χ0n) is 14.9. The van der Waals surface area contributed by atoms with Crippen LogP contribution >= 0.6 is 11.3 Å². The van der Waals surface area contributed by atoms with E-state index in [1.165, 1.54) is 23.8 Å². The number of benzene rings is 1. The van der Waals surface area contributed by atoms with Gasteiger partial charge in [0.25, 0.3) is 0 Å². The Bertz CT molecular complexity index is 777. The van der Waals surface area contributed by atoms with Gasteiger partial charge in [-0.1, -0.05) is 30.3 Å². The Morgan fingerprint density at radius 1 is 1.27 bits per heavy atom. The Morgan fingerprint density at radius 2 is 2.00 bits per heavy atom. The molecule has 2 aromatic rings. The van der Waals surface area contributed by atoms with Gasteiger partial charge in [0.1, 0.15) is 5.00 Å². The van der Waals surface area contributed by atoms with E-state index < -0.39 is 0 Å². The molecule has 3 rings (SSSR count). The van der Waals surface area contributed by atoms with Crippen LogP contribution in [0.15, 0.2) is 30.3 Å². The summed E-state index contributed by atoms with van der Waals surface area (Å²) in [5.41, 5.74) is 2.84. The van der Waals surface area contributed by atoms with Crippen LogP contribution in [0.4, 0.5) is 5.00 Å². The highest BCUT2D eigenvalue weighted by Crippen LogP contribution is 2.38. The van der Waals surface area contributed by atoms with Gasteiger partial charge in [-0.05, 0) is 24.5 Å². The van der Waals surface area contributed by atoms with E-state index in [0.717, 1.165) is 36.5 Å². The SMILES string of the molecule is CCOC(=O)c1c(NC(C)=O)sc2c1CCN(Cc1ccccc1)C2.[Cl-]. The highest BCUT2D eigenvalue weighted by Gasteiger charge is 2.29. The summed E-state index contributed by atoms with van der Waals surface area (Å²) in [5, 5.41) is 3.40. The van der Waals surface area contributed by atoms with Crippen LogP contribution in [0, 0.1) is 0 Å². The Kier molecular flexibility index (Phi) is 7.20. The van der Waals surface area contributed by atoms with Crippen molar-refractivity contribution in [2.75, 3.05) is 18.5 Å². The monoisotopic (exact) mass is 393 g/mol. The molecule has 2 heterocycles. The molecule has 0 fully saturated rings. The van der Waals surface area contributed by atoms with Gasteiger partial charge in [-0.25, -0.2) is 4.79 Å². The summed E-state index contributed by atoms with van der Waals surface area (Å²) >= 11 is 1.48. The fourth-order valence-corrected chi connectivity index (χ4v) is 4.42. The topological polar surface area (TPSA) is 58.6 Å². The number of nitrogens with one attached hydrogen (secondary N) is 1. The first-order valence-corrected chi connectivity index (χ1v) is 9.25. The van der Waals surface area contributed by atoms with Crippen molar-refractivity contribution in [1.82, 2.24) is 4.90 Å². The maximum absolute atomic E-state index is 12.4. The van der Waals surface area contributed by atoms with Crippen molar-refractivity contribution >= 4 is 28.2 Å². The molecule has 26 heavy (non-hydrogen) atoms. The van der Waals surface area contributed by atoms with Crippen molar-refractivity contribution in [2.45, 2.75) is 33.4 Å². The van der Waals surface area contributed by atoms with Crippen LogP contribution in [0.3, 0.4) is 0 Å². The van der Waals surface area contributed by atoms with Crippen LogP contribution in [0.1, 0.15) is 40.2 Å². The molecule has 5 nitrogen and oxygen atoms in total. The van der Waals surface area contributed by atoms with Crippen LogP contribution < -0.4 is 17.7 Å². The molecule has 1 aromatic carbocycles. The van der Waals surface area contributed by atoms with Gasteiger partial charge in [-0.3, -0.25) is 9.69 Å². The van der Waals surface area contributed by atoms with Crippen LogP contribution in [0.2, 0.25) is 0 Å². The molecule has 1 N–H and O–H groups in total. The number of carbonyl (C=O) groups is 2. The lowest BCUT2D eigenvalue weighted by atomic mass is 10.0. The summed E-state index contributed by atoms with van der Waals surface area (Å²) in [6, 6.07) is 10.4. The van der Waals surface area contributed by atoms with Gasteiger partial charge in [-0.2, -0.15) is 0 Å². The number of hydrogen-bond acceptors (Lipinski definition) is 5. The highest BCUT2D eigenvalue weighted by atomic mass is 35.5. The molecule has 0 saturated heterocycles. The number of fused-ring (bicyclic) bond motifs is 1. The number of ether oxygens (including phenoxy) is 1.